The molecule has 0 saturated heterocycles. The molecule has 0 aliphatic rings. The molecular formula is C7H15N4O3P. The Hall–Kier alpha value is -0.870. The predicted octanol–water partition coefficient (Wildman–Crippen LogP) is 1.44. The molecule has 0 aliphatic carbocycles. The quantitative estimate of drug-likeness (QED) is 0.217. The van der Waals surface area contributed by atoms with Gasteiger partial charge in [0.1, 0.15) is 5.78 Å². The van der Waals surface area contributed by atoms with Crippen LogP contribution in [0.1, 0.15) is 19.3 Å². The maximum atomic E-state index is 11.1. The molecule has 0 heterocycles. The minimum atomic E-state index is -3.18. The van der Waals surface area contributed by atoms with E-state index >= 15 is 0 Å². The Labute approximate surface area is 88.0 Å². The van der Waals surface area contributed by atoms with Crippen LogP contribution in [0.5, 0.6) is 0 Å². The van der Waals surface area contributed by atoms with E-state index in [2.05, 4.69) is 15.1 Å². The number of carbonyl (C=O) groups excluding carboxylic acids is 1. The Morgan fingerprint density at radius 3 is 2.80 bits per heavy atom. The lowest BCUT2D eigenvalue weighted by Crippen LogP contribution is -2.12. The lowest BCUT2D eigenvalue weighted by atomic mass is 10.2. The van der Waals surface area contributed by atoms with E-state index in [1.807, 2.05) is 0 Å². The van der Waals surface area contributed by atoms with Gasteiger partial charge in [-0.3, -0.25) is 9.36 Å². The van der Waals surface area contributed by atoms with Crippen LogP contribution in [0.15, 0.2) is 5.11 Å². The smallest absolute Gasteiger partial charge is 0.264 e. The lowest BCUT2D eigenvalue weighted by molar-refractivity contribution is -0.118. The maximum absolute atomic E-state index is 11.1. The largest absolute Gasteiger partial charge is 0.333 e. The Bertz CT molecular complexity index is 295. The van der Waals surface area contributed by atoms with E-state index in [0.29, 0.717) is 19.4 Å². The van der Waals surface area contributed by atoms with Crippen LogP contribution >= 0.6 is 7.52 Å². The molecule has 0 rings (SSSR count). The highest BCUT2D eigenvalue weighted by Gasteiger charge is 2.07. The number of nitrogens with zero attached hydrogens (tertiary/aromatic N) is 3. The van der Waals surface area contributed by atoms with Gasteiger partial charge in [-0.1, -0.05) is 5.11 Å². The van der Waals surface area contributed by atoms with Crippen molar-refractivity contribution in [3.05, 3.63) is 10.4 Å². The molecule has 1 unspecified atom stereocenters. The summed E-state index contributed by atoms with van der Waals surface area (Å²) in [6.07, 6.45) is 1.06. The third-order valence-electron chi connectivity index (χ3n) is 1.59. The first kappa shape index (κ1) is 14.1. The predicted molar refractivity (Wildman–Crippen MR) is 56.6 cm³/mol. The molecule has 0 aromatic carbocycles. The molecule has 0 amide bonds. The second-order valence-corrected chi connectivity index (χ2v) is 5.21. The number of Topliss-reactive ketones (excluding diaryl/α,β-unsaturated/α-hetero) is 1. The Kier molecular flexibility index (Phi) is 6.99. The molecule has 0 aromatic heterocycles. The molecule has 86 valence electrons. The van der Waals surface area contributed by atoms with Crippen LogP contribution in [0.2, 0.25) is 0 Å². The van der Waals surface area contributed by atoms with Gasteiger partial charge in [-0.25, -0.2) is 5.09 Å². The number of carbonyl (C=O) groups is 1. The maximum Gasteiger partial charge on any atom is 0.264 e. The summed E-state index contributed by atoms with van der Waals surface area (Å²) in [6.45, 7) is 1.71. The molecule has 1 atom stereocenters. The van der Waals surface area contributed by atoms with E-state index in [-0.39, 0.29) is 18.7 Å². The van der Waals surface area contributed by atoms with Gasteiger partial charge >= 0.3 is 0 Å². The highest BCUT2D eigenvalue weighted by Crippen LogP contribution is 2.28. The summed E-state index contributed by atoms with van der Waals surface area (Å²) in [4.78, 5) is 22.5. The number of hydrogen-bond acceptors (Lipinski definition) is 3. The number of nitrogens with one attached hydrogen (secondary N) is 1. The van der Waals surface area contributed by atoms with Crippen LogP contribution in [0.4, 0.5) is 0 Å². The molecule has 8 heteroatoms. The molecule has 0 saturated carbocycles. The van der Waals surface area contributed by atoms with Crippen LogP contribution < -0.4 is 5.09 Å². The van der Waals surface area contributed by atoms with Crippen molar-refractivity contribution in [1.82, 2.24) is 5.09 Å². The molecule has 0 fully saturated rings. The number of rotatable bonds is 8. The van der Waals surface area contributed by atoms with Crippen LogP contribution in [0.25, 0.3) is 10.4 Å². The summed E-state index contributed by atoms with van der Waals surface area (Å²) < 4.78 is 10.8. The van der Waals surface area contributed by atoms with Gasteiger partial charge in [0.25, 0.3) is 7.52 Å². The van der Waals surface area contributed by atoms with Crippen molar-refractivity contribution in [1.29, 1.82) is 0 Å². The Balaban J connectivity index is 3.47. The average molecular weight is 234 g/mol. The van der Waals surface area contributed by atoms with E-state index in [4.69, 9.17) is 10.4 Å². The molecule has 0 spiro atoms. The molecule has 2 N–H and O–H groups in total. The zero-order chi connectivity index (χ0) is 11.7. The highest BCUT2D eigenvalue weighted by molar-refractivity contribution is 7.54. The molecule has 0 radical (unpaired) electrons. The van der Waals surface area contributed by atoms with Gasteiger partial charge in [-0.15, -0.1) is 0 Å². The Morgan fingerprint density at radius 1 is 1.60 bits per heavy atom. The fraction of sp³-hybridized carbons (Fsp3) is 0.857. The molecule has 0 bridgehead atoms. The van der Waals surface area contributed by atoms with Gasteiger partial charge in [-0.05, 0) is 12.0 Å². The van der Waals surface area contributed by atoms with Crippen LogP contribution in [-0.2, 0) is 9.36 Å². The van der Waals surface area contributed by atoms with E-state index in [1.54, 1.807) is 0 Å². The third kappa shape index (κ3) is 11.1. The van der Waals surface area contributed by atoms with Crippen LogP contribution in [0.3, 0.4) is 0 Å². The highest BCUT2D eigenvalue weighted by atomic mass is 31.2. The third-order valence-corrected chi connectivity index (χ3v) is 2.40. The van der Waals surface area contributed by atoms with Crippen LogP contribution in [0, 0.1) is 0 Å². The van der Waals surface area contributed by atoms with Gasteiger partial charge in [0.05, 0.1) is 0 Å². The summed E-state index contributed by atoms with van der Waals surface area (Å²) in [5.74, 6) is -0.00641. The first-order chi connectivity index (χ1) is 6.95. The van der Waals surface area contributed by atoms with Gasteiger partial charge < -0.3 is 4.89 Å². The Morgan fingerprint density at radius 2 is 2.27 bits per heavy atom. The fourth-order valence-electron chi connectivity index (χ4n) is 0.916. The SMILES string of the molecule is CP(=O)(O)NCCCC(=O)CCN=[N+]=[N-]. The van der Waals surface area contributed by atoms with Gasteiger partial charge in [-0.2, -0.15) is 0 Å². The second kappa shape index (κ2) is 7.43. The van der Waals surface area contributed by atoms with Crippen LogP contribution in [-0.4, -0.2) is 30.4 Å². The lowest BCUT2D eigenvalue weighted by Gasteiger charge is -2.06. The monoisotopic (exact) mass is 234 g/mol. The van der Waals surface area contributed by atoms with E-state index < -0.39 is 7.52 Å². The summed E-state index contributed by atoms with van der Waals surface area (Å²) >= 11 is 0. The van der Waals surface area contributed by atoms with Crippen molar-refractivity contribution in [3.63, 3.8) is 0 Å². The van der Waals surface area contributed by atoms with E-state index in [1.165, 1.54) is 6.66 Å². The second-order valence-electron chi connectivity index (χ2n) is 3.13. The fourth-order valence-corrected chi connectivity index (χ4v) is 1.49. The van der Waals surface area contributed by atoms with Crippen molar-refractivity contribution in [2.24, 2.45) is 5.11 Å². The standard InChI is InChI=1S/C7H15N4O3P/c1-15(13,14)10-5-2-3-7(12)4-6-9-11-8/h2-6H2,1H3,(H2,10,13,14). The normalized spacial score (nSPS) is 14.0. The van der Waals surface area contributed by atoms with Gasteiger partial charge in [0.15, 0.2) is 0 Å². The van der Waals surface area contributed by atoms with Crippen molar-refractivity contribution in [2.45, 2.75) is 19.3 Å². The van der Waals surface area contributed by atoms with Crippen molar-refractivity contribution in [3.8, 4) is 0 Å². The minimum Gasteiger partial charge on any atom is -0.333 e. The zero-order valence-electron chi connectivity index (χ0n) is 8.59. The summed E-state index contributed by atoms with van der Waals surface area (Å²) in [7, 11) is -3.18. The zero-order valence-corrected chi connectivity index (χ0v) is 9.48. The average Bonchev–Trinajstić information content (AvgIpc) is 2.11. The van der Waals surface area contributed by atoms with Crippen molar-refractivity contribution in [2.75, 3.05) is 19.8 Å². The van der Waals surface area contributed by atoms with Gasteiger partial charge in [0, 0.05) is 37.5 Å². The number of hydrogen-bond donors (Lipinski definition) is 2. The van der Waals surface area contributed by atoms with Gasteiger partial charge in [0.2, 0.25) is 0 Å². The van der Waals surface area contributed by atoms with E-state index in [0.717, 1.165) is 0 Å². The van der Waals surface area contributed by atoms with Crippen molar-refractivity contribution >= 4 is 13.3 Å². The summed E-state index contributed by atoms with van der Waals surface area (Å²) in [6, 6.07) is 0. The first-order valence-electron chi connectivity index (χ1n) is 4.53. The topological polar surface area (TPSA) is 115 Å². The first-order valence-corrected chi connectivity index (χ1v) is 6.64. The summed E-state index contributed by atoms with van der Waals surface area (Å²) in [5, 5.41) is 5.66. The number of azide groups is 1. The minimum absolute atomic E-state index is 0.00641. The summed E-state index contributed by atoms with van der Waals surface area (Å²) in [5.41, 5.74) is 7.96. The number of ketones is 1. The molecule has 0 aromatic rings. The van der Waals surface area contributed by atoms with Crippen molar-refractivity contribution < 1.29 is 14.3 Å². The molecular weight excluding hydrogens is 219 g/mol. The molecule has 15 heavy (non-hydrogen) atoms. The molecule has 7 nitrogen and oxygen atoms in total. The molecule has 0 aliphatic heterocycles. The van der Waals surface area contributed by atoms with E-state index in [9.17, 15) is 9.36 Å².